The van der Waals surface area contributed by atoms with Crippen LogP contribution >= 0.6 is 7.82 Å². The summed E-state index contributed by atoms with van der Waals surface area (Å²) in [5.41, 5.74) is 0. The monoisotopic (exact) mass is 893 g/mol. The van der Waals surface area contributed by atoms with E-state index in [1.807, 2.05) is 18.2 Å². The molecule has 1 rings (SSSR count). The van der Waals surface area contributed by atoms with E-state index in [0.29, 0.717) is 19.3 Å². The van der Waals surface area contributed by atoms with Crippen LogP contribution in [0.4, 0.5) is 0 Å². The SMILES string of the molecule is CC/C=C/C/C=C/C/C=C/C/C=C/C/C=C/C/C=C/CCC(=O)O[C@H](COC(=O)CCCCCCC/C=C/C/C=C/CCCC)COP(=O)(O)OC1C(O)C(O)C(O)[C@H](O)C1O. The Balaban J connectivity index is 2.55. The second kappa shape index (κ2) is 37.2. The van der Waals surface area contributed by atoms with Crippen LogP contribution in [-0.2, 0) is 32.7 Å². The average Bonchev–Trinajstić information content (AvgIpc) is 3.25. The number of carbonyl (C=O) groups is 2. The van der Waals surface area contributed by atoms with E-state index < -0.39 is 75.7 Å². The van der Waals surface area contributed by atoms with Crippen molar-refractivity contribution in [2.24, 2.45) is 0 Å². The van der Waals surface area contributed by atoms with Crippen LogP contribution in [0.1, 0.15) is 136 Å². The number of phosphoric acid groups is 1. The lowest BCUT2D eigenvalue weighted by molar-refractivity contribution is -0.220. The zero-order valence-electron chi connectivity index (χ0n) is 37.1. The Morgan fingerprint density at radius 2 is 0.952 bits per heavy atom. The Kier molecular flexibility index (Phi) is 34.0. The van der Waals surface area contributed by atoms with Crippen molar-refractivity contribution in [3.8, 4) is 0 Å². The third-order valence-electron chi connectivity index (χ3n) is 9.67. The smallest absolute Gasteiger partial charge is 0.462 e. The Labute approximate surface area is 370 Å². The molecule has 352 valence electrons. The minimum absolute atomic E-state index is 0.0374. The first-order valence-electron chi connectivity index (χ1n) is 22.5. The molecule has 0 amide bonds. The summed E-state index contributed by atoms with van der Waals surface area (Å²) in [6, 6.07) is 0. The standard InChI is InChI=1S/C48H77O13P/c1-3-5-7-9-11-13-15-17-19-20-21-22-23-25-27-29-31-33-35-37-42(50)60-40(39-59-62(56,57)61-48-46(54)44(52)43(51)45(53)47(48)55)38-58-41(49)36-34-32-30-28-26-24-18-16-14-12-10-8-6-4-2/h5,7,10-13,16-19,21-22,25,27,31,33,40,43-48,51-55H,3-4,6,8-9,14-15,20,23-24,26,28-30,32,34-39H2,1-2H3,(H,56,57)/b7-5+,12-10+,13-11+,18-16+,19-17+,22-21+,27-25+,33-31+/t40-,43?,44+,45?,46?,47?,48?/m1/s1. The predicted molar refractivity (Wildman–Crippen MR) is 244 cm³/mol. The van der Waals surface area contributed by atoms with Gasteiger partial charge in [-0.1, -0.05) is 143 Å². The number of unbranched alkanes of at least 4 members (excludes halogenated alkanes) is 7. The number of allylic oxidation sites excluding steroid dienone is 16. The van der Waals surface area contributed by atoms with Gasteiger partial charge in [0.1, 0.15) is 43.2 Å². The summed E-state index contributed by atoms with van der Waals surface area (Å²) in [7, 11) is -5.15. The molecule has 13 nitrogen and oxygen atoms in total. The lowest BCUT2D eigenvalue weighted by atomic mass is 9.85. The lowest BCUT2D eigenvalue weighted by Crippen LogP contribution is -2.64. The van der Waals surface area contributed by atoms with Gasteiger partial charge in [-0.2, -0.15) is 0 Å². The molecule has 0 saturated heterocycles. The normalized spacial score (nSPS) is 22.8. The Morgan fingerprint density at radius 3 is 1.47 bits per heavy atom. The van der Waals surface area contributed by atoms with Gasteiger partial charge in [-0.05, 0) is 77.0 Å². The number of phosphoric ester groups is 1. The molecule has 1 aliphatic carbocycles. The quantitative estimate of drug-likeness (QED) is 0.0153. The molecule has 8 atom stereocenters. The Morgan fingerprint density at radius 1 is 0.516 bits per heavy atom. The van der Waals surface area contributed by atoms with Gasteiger partial charge in [0.2, 0.25) is 0 Å². The van der Waals surface area contributed by atoms with E-state index in [1.54, 1.807) is 0 Å². The van der Waals surface area contributed by atoms with Crippen LogP contribution in [0.25, 0.3) is 0 Å². The summed E-state index contributed by atoms with van der Waals surface area (Å²) in [5, 5.41) is 50.1. The maximum absolute atomic E-state index is 12.8. The molecular formula is C48H77O13P. The number of carbonyl (C=O) groups excluding carboxylic acids is 2. The summed E-state index contributed by atoms with van der Waals surface area (Å²) in [6.07, 6.45) is 36.2. The number of aliphatic hydroxyl groups excluding tert-OH is 5. The van der Waals surface area contributed by atoms with Gasteiger partial charge >= 0.3 is 19.8 Å². The van der Waals surface area contributed by atoms with Crippen LogP contribution in [0.2, 0.25) is 0 Å². The number of rotatable bonds is 35. The van der Waals surface area contributed by atoms with Crippen molar-refractivity contribution < 1.29 is 63.1 Å². The maximum Gasteiger partial charge on any atom is 0.472 e. The Hall–Kier alpha value is -3.23. The molecule has 0 aromatic rings. The predicted octanol–water partition coefficient (Wildman–Crippen LogP) is 8.66. The fourth-order valence-corrected chi connectivity index (χ4v) is 7.01. The third kappa shape index (κ3) is 29.2. The molecule has 14 heteroatoms. The molecule has 1 fully saturated rings. The van der Waals surface area contributed by atoms with Crippen molar-refractivity contribution in [2.75, 3.05) is 13.2 Å². The summed E-state index contributed by atoms with van der Waals surface area (Å²) in [4.78, 5) is 35.6. The van der Waals surface area contributed by atoms with Gasteiger partial charge in [0, 0.05) is 12.8 Å². The van der Waals surface area contributed by atoms with Gasteiger partial charge < -0.3 is 39.9 Å². The molecule has 0 aromatic carbocycles. The molecule has 0 radical (unpaired) electrons. The average molecular weight is 893 g/mol. The van der Waals surface area contributed by atoms with Crippen molar-refractivity contribution in [2.45, 2.75) is 179 Å². The van der Waals surface area contributed by atoms with E-state index in [-0.39, 0.29) is 12.8 Å². The van der Waals surface area contributed by atoms with E-state index in [9.17, 15) is 44.6 Å². The van der Waals surface area contributed by atoms with E-state index in [0.717, 1.165) is 77.0 Å². The maximum atomic E-state index is 12.8. The van der Waals surface area contributed by atoms with Gasteiger partial charge in [0.05, 0.1) is 6.61 Å². The number of ether oxygens (including phenoxy) is 2. The largest absolute Gasteiger partial charge is 0.472 e. The van der Waals surface area contributed by atoms with Gasteiger partial charge in [0.15, 0.2) is 6.10 Å². The molecule has 0 aliphatic heterocycles. The molecule has 62 heavy (non-hydrogen) atoms. The molecule has 0 spiro atoms. The Bertz CT molecular complexity index is 1450. The zero-order valence-corrected chi connectivity index (χ0v) is 38.0. The number of hydrogen-bond donors (Lipinski definition) is 6. The van der Waals surface area contributed by atoms with Crippen LogP contribution < -0.4 is 0 Å². The first-order chi connectivity index (χ1) is 29.9. The summed E-state index contributed by atoms with van der Waals surface area (Å²) >= 11 is 0. The van der Waals surface area contributed by atoms with Crippen molar-refractivity contribution in [3.63, 3.8) is 0 Å². The van der Waals surface area contributed by atoms with Crippen LogP contribution in [0.5, 0.6) is 0 Å². The molecule has 1 saturated carbocycles. The first kappa shape index (κ1) is 56.8. The molecule has 0 aromatic heterocycles. The third-order valence-corrected chi connectivity index (χ3v) is 10.7. The van der Waals surface area contributed by atoms with E-state index in [2.05, 4.69) is 92.8 Å². The fourth-order valence-electron chi connectivity index (χ4n) is 6.03. The van der Waals surface area contributed by atoms with E-state index in [4.69, 9.17) is 18.5 Å². The van der Waals surface area contributed by atoms with Crippen molar-refractivity contribution >= 4 is 19.8 Å². The van der Waals surface area contributed by atoms with E-state index in [1.165, 1.54) is 12.8 Å². The second-order valence-electron chi connectivity index (χ2n) is 15.2. The topological polar surface area (TPSA) is 210 Å². The highest BCUT2D eigenvalue weighted by Gasteiger charge is 2.51. The van der Waals surface area contributed by atoms with Crippen LogP contribution in [0.15, 0.2) is 97.2 Å². The molecule has 0 bridgehead atoms. The summed E-state index contributed by atoms with van der Waals surface area (Å²) in [5.74, 6) is -1.23. The lowest BCUT2D eigenvalue weighted by Gasteiger charge is -2.41. The van der Waals surface area contributed by atoms with Gasteiger partial charge in [0.25, 0.3) is 0 Å². The highest BCUT2D eigenvalue weighted by molar-refractivity contribution is 7.47. The van der Waals surface area contributed by atoms with Crippen LogP contribution in [-0.4, -0.2) is 98.3 Å². The minimum Gasteiger partial charge on any atom is -0.462 e. The van der Waals surface area contributed by atoms with Crippen LogP contribution in [0.3, 0.4) is 0 Å². The number of aliphatic hydroxyl groups is 5. The highest BCUT2D eigenvalue weighted by Crippen LogP contribution is 2.47. The molecule has 6 unspecified atom stereocenters. The highest BCUT2D eigenvalue weighted by atomic mass is 31.2. The van der Waals surface area contributed by atoms with Gasteiger partial charge in [-0.15, -0.1) is 0 Å². The first-order valence-corrected chi connectivity index (χ1v) is 24.0. The summed E-state index contributed by atoms with van der Waals surface area (Å²) < 4.78 is 33.4. The molecule has 6 N–H and O–H groups in total. The molecule has 0 heterocycles. The van der Waals surface area contributed by atoms with Crippen molar-refractivity contribution in [3.05, 3.63) is 97.2 Å². The van der Waals surface area contributed by atoms with Gasteiger partial charge in [-0.3, -0.25) is 18.6 Å². The number of esters is 2. The van der Waals surface area contributed by atoms with Crippen molar-refractivity contribution in [1.29, 1.82) is 0 Å². The molecular weight excluding hydrogens is 815 g/mol. The fraction of sp³-hybridized carbons (Fsp3) is 0.625. The molecule has 1 aliphatic rings. The minimum atomic E-state index is -5.15. The summed E-state index contributed by atoms with van der Waals surface area (Å²) in [6.45, 7) is 3.05. The second-order valence-corrected chi connectivity index (χ2v) is 16.6. The number of hydrogen-bond acceptors (Lipinski definition) is 12. The van der Waals surface area contributed by atoms with Crippen molar-refractivity contribution in [1.82, 2.24) is 0 Å². The zero-order chi connectivity index (χ0) is 45.7. The van der Waals surface area contributed by atoms with Gasteiger partial charge in [-0.25, -0.2) is 4.57 Å². The van der Waals surface area contributed by atoms with Crippen LogP contribution in [0, 0.1) is 0 Å². The van der Waals surface area contributed by atoms with E-state index >= 15 is 0 Å².